The molecule has 7 heteroatoms. The Bertz CT molecular complexity index is 719. The number of thiophene rings is 1. The molecular weight excluding hydrogens is 362 g/mol. The number of carbonyl (C=O) groups excluding carboxylic acids is 3. The molecule has 146 valence electrons. The number of hydrogen-bond acceptors (Lipinski definition) is 4. The first-order chi connectivity index (χ1) is 13.0. The average molecular weight is 390 g/mol. The van der Waals surface area contributed by atoms with Gasteiger partial charge in [0.25, 0.3) is 5.91 Å². The van der Waals surface area contributed by atoms with E-state index < -0.39 is 0 Å². The van der Waals surface area contributed by atoms with Crippen molar-refractivity contribution in [2.75, 3.05) is 39.8 Å². The van der Waals surface area contributed by atoms with Crippen LogP contribution in [-0.2, 0) is 9.59 Å². The molecule has 0 radical (unpaired) electrons. The van der Waals surface area contributed by atoms with Gasteiger partial charge in [-0.15, -0.1) is 11.3 Å². The molecule has 0 unspecified atom stereocenters. The minimum Gasteiger partial charge on any atom is -0.342 e. The first kappa shape index (κ1) is 18.5. The van der Waals surface area contributed by atoms with E-state index in [0.29, 0.717) is 23.9 Å². The van der Waals surface area contributed by atoms with Crippen LogP contribution in [0.25, 0.3) is 0 Å². The second-order valence-corrected chi connectivity index (χ2v) is 9.12. The molecule has 1 aromatic rings. The minimum atomic E-state index is -0.106. The molecule has 27 heavy (non-hydrogen) atoms. The topological polar surface area (TPSA) is 60.9 Å². The Hall–Kier alpha value is -1.89. The number of amides is 3. The van der Waals surface area contributed by atoms with E-state index in [0.717, 1.165) is 45.2 Å². The Kier molecular flexibility index (Phi) is 4.97. The fraction of sp³-hybridized carbons (Fsp3) is 0.650. The molecule has 3 aliphatic rings. The van der Waals surface area contributed by atoms with E-state index in [9.17, 15) is 14.4 Å². The molecule has 0 N–H and O–H groups in total. The molecular formula is C20H27N3O3S. The van der Waals surface area contributed by atoms with Gasteiger partial charge in [-0.25, -0.2) is 0 Å². The standard InChI is InChI=1S/C20H27N3O3S/c1-21(19(26)16-5-4-12-27-16)14-17(24)22-10-6-20(7-11-22)13-15(20)18(25)23-8-2-3-9-23/h4-5,12,15H,2-3,6-11,13-14H2,1H3/t15-/m0/s1. The second kappa shape index (κ2) is 7.26. The van der Waals surface area contributed by atoms with Crippen LogP contribution in [0.4, 0.5) is 0 Å². The maximum absolute atomic E-state index is 12.6. The van der Waals surface area contributed by atoms with Gasteiger partial charge in [-0.05, 0) is 49.0 Å². The Balaban J connectivity index is 1.26. The Morgan fingerprint density at radius 2 is 1.85 bits per heavy atom. The summed E-state index contributed by atoms with van der Waals surface area (Å²) >= 11 is 1.39. The van der Waals surface area contributed by atoms with Crippen molar-refractivity contribution in [2.24, 2.45) is 11.3 Å². The molecule has 1 saturated carbocycles. The lowest BCUT2D eigenvalue weighted by Gasteiger charge is -2.34. The van der Waals surface area contributed by atoms with E-state index in [1.807, 2.05) is 21.2 Å². The van der Waals surface area contributed by atoms with Crippen molar-refractivity contribution in [2.45, 2.75) is 32.1 Å². The molecule has 1 aliphatic carbocycles. The number of hydrogen-bond donors (Lipinski definition) is 0. The number of likely N-dealkylation sites (tertiary alicyclic amines) is 2. The summed E-state index contributed by atoms with van der Waals surface area (Å²) in [5, 5.41) is 1.86. The van der Waals surface area contributed by atoms with E-state index in [1.54, 1.807) is 13.1 Å². The molecule has 1 spiro atoms. The lowest BCUT2D eigenvalue weighted by atomic mass is 9.90. The number of nitrogens with zero attached hydrogens (tertiary/aromatic N) is 3. The van der Waals surface area contributed by atoms with Gasteiger partial charge in [-0.1, -0.05) is 6.07 Å². The van der Waals surface area contributed by atoms with Gasteiger partial charge in [0.1, 0.15) is 0 Å². The Labute approximate surface area is 164 Å². The average Bonchev–Trinajstić information content (AvgIpc) is 3.13. The number of likely N-dealkylation sites (N-methyl/N-ethyl adjacent to an activating group) is 1. The molecule has 2 aliphatic heterocycles. The third-order valence-electron chi connectivity index (χ3n) is 6.47. The van der Waals surface area contributed by atoms with E-state index in [-0.39, 0.29) is 29.7 Å². The van der Waals surface area contributed by atoms with E-state index in [1.165, 1.54) is 16.2 Å². The van der Waals surface area contributed by atoms with Crippen molar-refractivity contribution in [3.8, 4) is 0 Å². The summed E-state index contributed by atoms with van der Waals surface area (Å²) < 4.78 is 0. The van der Waals surface area contributed by atoms with Crippen LogP contribution in [0, 0.1) is 11.3 Å². The van der Waals surface area contributed by atoms with Crippen LogP contribution >= 0.6 is 11.3 Å². The van der Waals surface area contributed by atoms with Crippen LogP contribution in [0.5, 0.6) is 0 Å². The zero-order valence-corrected chi connectivity index (χ0v) is 16.7. The third kappa shape index (κ3) is 3.61. The number of carbonyl (C=O) groups is 3. The predicted octanol–water partition coefficient (Wildman–Crippen LogP) is 2.07. The van der Waals surface area contributed by atoms with Gasteiger partial charge < -0.3 is 14.7 Å². The smallest absolute Gasteiger partial charge is 0.264 e. The van der Waals surface area contributed by atoms with Crippen molar-refractivity contribution in [1.29, 1.82) is 0 Å². The molecule has 4 rings (SSSR count). The van der Waals surface area contributed by atoms with Crippen molar-refractivity contribution in [3.05, 3.63) is 22.4 Å². The highest BCUT2D eigenvalue weighted by Crippen LogP contribution is 2.60. The summed E-state index contributed by atoms with van der Waals surface area (Å²) in [4.78, 5) is 43.6. The summed E-state index contributed by atoms with van der Waals surface area (Å²) in [6.45, 7) is 3.34. The van der Waals surface area contributed by atoms with Crippen LogP contribution < -0.4 is 0 Å². The highest BCUT2D eigenvalue weighted by atomic mass is 32.1. The monoisotopic (exact) mass is 389 g/mol. The van der Waals surface area contributed by atoms with Gasteiger partial charge in [0.2, 0.25) is 11.8 Å². The number of piperidine rings is 1. The zero-order valence-electron chi connectivity index (χ0n) is 15.9. The minimum absolute atomic E-state index is 0.000301. The van der Waals surface area contributed by atoms with Gasteiger partial charge in [-0.2, -0.15) is 0 Å². The Morgan fingerprint density at radius 1 is 1.15 bits per heavy atom. The van der Waals surface area contributed by atoms with Crippen molar-refractivity contribution >= 4 is 29.1 Å². The quantitative estimate of drug-likeness (QED) is 0.792. The SMILES string of the molecule is CN(CC(=O)N1CCC2(CC1)C[C@H]2C(=O)N1CCCC1)C(=O)c1cccs1. The fourth-order valence-corrected chi connectivity index (χ4v) is 5.29. The zero-order chi connectivity index (χ0) is 19.0. The van der Waals surface area contributed by atoms with Crippen molar-refractivity contribution in [3.63, 3.8) is 0 Å². The summed E-state index contributed by atoms with van der Waals surface area (Å²) in [5.41, 5.74) is 0.134. The van der Waals surface area contributed by atoms with E-state index in [2.05, 4.69) is 0 Å². The molecule has 3 amide bonds. The van der Waals surface area contributed by atoms with Gasteiger partial charge in [0, 0.05) is 39.1 Å². The summed E-state index contributed by atoms with van der Waals surface area (Å²) in [6, 6.07) is 3.62. The molecule has 0 aromatic carbocycles. The fourth-order valence-electron chi connectivity index (χ4n) is 4.57. The van der Waals surface area contributed by atoms with Gasteiger partial charge in [-0.3, -0.25) is 14.4 Å². The second-order valence-electron chi connectivity index (χ2n) is 8.17. The molecule has 1 atom stereocenters. The lowest BCUT2D eigenvalue weighted by molar-refractivity contribution is -0.134. The van der Waals surface area contributed by atoms with Crippen LogP contribution in [0.3, 0.4) is 0 Å². The first-order valence-corrected chi connectivity index (χ1v) is 10.7. The van der Waals surface area contributed by atoms with Gasteiger partial charge >= 0.3 is 0 Å². The van der Waals surface area contributed by atoms with Gasteiger partial charge in [0.05, 0.1) is 11.4 Å². The highest BCUT2D eigenvalue weighted by Gasteiger charge is 2.59. The predicted molar refractivity (Wildman–Crippen MR) is 103 cm³/mol. The first-order valence-electron chi connectivity index (χ1n) is 9.86. The third-order valence-corrected chi connectivity index (χ3v) is 7.33. The molecule has 3 heterocycles. The van der Waals surface area contributed by atoms with Crippen LogP contribution in [0.15, 0.2) is 17.5 Å². The number of rotatable bonds is 4. The highest BCUT2D eigenvalue weighted by molar-refractivity contribution is 7.12. The van der Waals surface area contributed by atoms with Crippen LogP contribution in [-0.4, -0.2) is 72.2 Å². The summed E-state index contributed by atoms with van der Waals surface area (Å²) in [7, 11) is 1.68. The molecule has 2 saturated heterocycles. The van der Waals surface area contributed by atoms with Crippen molar-refractivity contribution in [1.82, 2.24) is 14.7 Å². The van der Waals surface area contributed by atoms with E-state index >= 15 is 0 Å². The lowest BCUT2D eigenvalue weighted by Crippen LogP contribution is -2.45. The Morgan fingerprint density at radius 3 is 2.48 bits per heavy atom. The largest absolute Gasteiger partial charge is 0.342 e. The van der Waals surface area contributed by atoms with E-state index in [4.69, 9.17) is 0 Å². The molecule has 3 fully saturated rings. The van der Waals surface area contributed by atoms with Crippen molar-refractivity contribution < 1.29 is 14.4 Å². The molecule has 6 nitrogen and oxygen atoms in total. The van der Waals surface area contributed by atoms with Crippen LogP contribution in [0.1, 0.15) is 41.8 Å². The maximum Gasteiger partial charge on any atom is 0.264 e. The van der Waals surface area contributed by atoms with Gasteiger partial charge in [0.15, 0.2) is 0 Å². The summed E-state index contributed by atoms with van der Waals surface area (Å²) in [5.74, 6) is 0.412. The maximum atomic E-state index is 12.6. The summed E-state index contributed by atoms with van der Waals surface area (Å²) in [6.07, 6.45) is 5.06. The normalized spacial score (nSPS) is 23.5. The molecule has 1 aromatic heterocycles. The molecule has 0 bridgehead atoms. The van der Waals surface area contributed by atoms with Crippen LogP contribution in [0.2, 0.25) is 0 Å².